The minimum atomic E-state index is -0.841. The Morgan fingerprint density at radius 1 is 1.29 bits per heavy atom. The molecule has 1 unspecified atom stereocenters. The minimum absolute atomic E-state index is 0.0423. The molecule has 6 rings (SSSR count). The molecule has 0 aromatic carbocycles. The number of aliphatic hydroxyl groups is 1. The molecule has 1 atom stereocenters. The standard InChI is InChI=1S/C23H26ClN7O3S/c1-14-22(26-28-31(14)16-2-5-29(6-3-16)17-11-33-12-17)15-8-21(23-18(24)9-25-30(23)10-15)34-13-20(32)19-4-7-35-27-19/h4,7-10,16-17,20,32H,2-3,5-6,11-13H2,1H3. The minimum Gasteiger partial charge on any atom is -0.488 e. The van der Waals surface area contributed by atoms with E-state index in [1.165, 1.54) is 11.5 Å². The predicted octanol–water partition coefficient (Wildman–Crippen LogP) is 3.16. The van der Waals surface area contributed by atoms with Crippen molar-refractivity contribution in [2.24, 2.45) is 0 Å². The zero-order valence-corrected chi connectivity index (χ0v) is 20.8. The average Bonchev–Trinajstić information content (AvgIpc) is 3.58. The maximum atomic E-state index is 10.4. The molecule has 0 bridgehead atoms. The zero-order chi connectivity index (χ0) is 23.9. The van der Waals surface area contributed by atoms with Crippen LogP contribution in [0.5, 0.6) is 5.75 Å². The van der Waals surface area contributed by atoms with Gasteiger partial charge >= 0.3 is 0 Å². The lowest BCUT2D eigenvalue weighted by atomic mass is 10.0. The molecule has 35 heavy (non-hydrogen) atoms. The highest BCUT2D eigenvalue weighted by Crippen LogP contribution is 2.34. The van der Waals surface area contributed by atoms with Gasteiger partial charge in [-0.25, -0.2) is 9.20 Å². The Balaban J connectivity index is 1.25. The number of aromatic nitrogens is 6. The Hall–Kier alpha value is -2.57. The van der Waals surface area contributed by atoms with Crippen LogP contribution >= 0.6 is 23.1 Å². The molecule has 0 saturated carbocycles. The van der Waals surface area contributed by atoms with Crippen molar-refractivity contribution >= 4 is 28.7 Å². The molecule has 10 nitrogen and oxygen atoms in total. The number of ether oxygens (including phenoxy) is 2. The number of likely N-dealkylation sites (tertiary alicyclic amines) is 1. The normalized spacial score (nSPS) is 18.7. The van der Waals surface area contributed by atoms with Crippen molar-refractivity contribution in [3.63, 3.8) is 0 Å². The van der Waals surface area contributed by atoms with Gasteiger partial charge in [0.05, 0.1) is 47.9 Å². The third-order valence-corrected chi connectivity index (χ3v) is 7.76. The number of piperidine rings is 1. The van der Waals surface area contributed by atoms with Gasteiger partial charge < -0.3 is 14.6 Å². The average molecular weight is 516 g/mol. The summed E-state index contributed by atoms with van der Waals surface area (Å²) < 4.78 is 19.3. The molecule has 2 fully saturated rings. The van der Waals surface area contributed by atoms with Crippen LogP contribution in [0.4, 0.5) is 0 Å². The van der Waals surface area contributed by atoms with Gasteiger partial charge in [-0.1, -0.05) is 16.8 Å². The fourth-order valence-corrected chi connectivity index (χ4v) is 5.61. The van der Waals surface area contributed by atoms with Crippen molar-refractivity contribution < 1.29 is 14.6 Å². The van der Waals surface area contributed by atoms with Gasteiger partial charge in [0, 0.05) is 30.2 Å². The summed E-state index contributed by atoms with van der Waals surface area (Å²) in [5, 5.41) is 26.1. The quantitative estimate of drug-likeness (QED) is 0.400. The second-order valence-corrected chi connectivity index (χ2v) is 10.1. The highest BCUT2D eigenvalue weighted by molar-refractivity contribution is 7.03. The van der Waals surface area contributed by atoms with Crippen LogP contribution < -0.4 is 4.74 Å². The van der Waals surface area contributed by atoms with E-state index in [1.54, 1.807) is 16.8 Å². The van der Waals surface area contributed by atoms with Gasteiger partial charge in [-0.05, 0) is 43.4 Å². The molecule has 1 N–H and O–H groups in total. The molecule has 2 saturated heterocycles. The summed E-state index contributed by atoms with van der Waals surface area (Å²) in [7, 11) is 0. The van der Waals surface area contributed by atoms with E-state index in [-0.39, 0.29) is 6.61 Å². The highest BCUT2D eigenvalue weighted by Gasteiger charge is 2.31. The van der Waals surface area contributed by atoms with E-state index in [2.05, 4.69) is 29.4 Å². The van der Waals surface area contributed by atoms with E-state index in [9.17, 15) is 5.11 Å². The first-order valence-corrected chi connectivity index (χ1v) is 12.9. The fourth-order valence-electron chi connectivity index (χ4n) is 4.82. The first-order chi connectivity index (χ1) is 17.1. The number of hydrogen-bond donors (Lipinski definition) is 1. The lowest BCUT2D eigenvalue weighted by molar-refractivity contribution is -0.0735. The van der Waals surface area contributed by atoms with Gasteiger partial charge in [-0.3, -0.25) is 4.90 Å². The van der Waals surface area contributed by atoms with Crippen LogP contribution in [0.1, 0.15) is 36.4 Å². The van der Waals surface area contributed by atoms with Crippen molar-refractivity contribution in [2.75, 3.05) is 32.9 Å². The van der Waals surface area contributed by atoms with Gasteiger partial charge in [0.25, 0.3) is 0 Å². The van der Waals surface area contributed by atoms with E-state index >= 15 is 0 Å². The van der Waals surface area contributed by atoms with E-state index in [1.807, 2.05) is 24.6 Å². The largest absolute Gasteiger partial charge is 0.488 e. The molecule has 184 valence electrons. The maximum Gasteiger partial charge on any atom is 0.147 e. The summed E-state index contributed by atoms with van der Waals surface area (Å²) in [6.45, 7) is 5.88. The van der Waals surface area contributed by atoms with E-state index in [0.717, 1.165) is 56.1 Å². The Labute approximate surface area is 211 Å². The molecule has 4 aromatic heterocycles. The molecule has 4 aromatic rings. The fraction of sp³-hybridized carbons (Fsp3) is 0.478. The molecule has 6 heterocycles. The number of fused-ring (bicyclic) bond motifs is 1. The molecule has 0 aliphatic carbocycles. The van der Waals surface area contributed by atoms with Crippen LogP contribution in [0.3, 0.4) is 0 Å². The third kappa shape index (κ3) is 4.31. The van der Waals surface area contributed by atoms with Gasteiger partial charge in [0.1, 0.15) is 29.7 Å². The van der Waals surface area contributed by atoms with Crippen molar-refractivity contribution in [2.45, 2.75) is 38.0 Å². The van der Waals surface area contributed by atoms with Crippen molar-refractivity contribution in [3.8, 4) is 17.0 Å². The number of pyridine rings is 1. The number of rotatable bonds is 7. The SMILES string of the molecule is Cc1c(-c2cc(OCC(O)c3ccsn3)c3c(Cl)cnn3c2)nnn1C1CCN(C2COC2)CC1. The summed E-state index contributed by atoms with van der Waals surface area (Å²) >= 11 is 7.69. The summed E-state index contributed by atoms with van der Waals surface area (Å²) in [5.41, 5.74) is 3.82. The first-order valence-electron chi connectivity index (χ1n) is 11.7. The van der Waals surface area contributed by atoms with Crippen LogP contribution in [-0.2, 0) is 4.74 Å². The summed E-state index contributed by atoms with van der Waals surface area (Å²) in [6, 6.07) is 4.56. The zero-order valence-electron chi connectivity index (χ0n) is 19.2. The Bertz CT molecular complexity index is 1310. The smallest absolute Gasteiger partial charge is 0.147 e. The number of nitrogens with zero attached hydrogens (tertiary/aromatic N) is 7. The Kier molecular flexibility index (Phi) is 6.19. The van der Waals surface area contributed by atoms with Crippen LogP contribution in [0.25, 0.3) is 16.8 Å². The molecule has 2 aliphatic rings. The summed E-state index contributed by atoms with van der Waals surface area (Å²) in [4.78, 5) is 2.52. The third-order valence-electron chi connectivity index (χ3n) is 6.91. The van der Waals surface area contributed by atoms with Gasteiger partial charge in [-0.15, -0.1) is 5.10 Å². The topological polar surface area (TPSA) is 103 Å². The van der Waals surface area contributed by atoms with Crippen LogP contribution in [-0.4, -0.2) is 77.9 Å². The van der Waals surface area contributed by atoms with E-state index < -0.39 is 6.10 Å². The lowest BCUT2D eigenvalue weighted by Gasteiger charge is -2.41. The molecule has 0 amide bonds. The molecule has 12 heteroatoms. The van der Waals surface area contributed by atoms with Gasteiger partial charge in [0.2, 0.25) is 0 Å². The Morgan fingerprint density at radius 3 is 2.83 bits per heavy atom. The number of aliphatic hydroxyl groups excluding tert-OH is 1. The maximum absolute atomic E-state index is 10.4. The predicted molar refractivity (Wildman–Crippen MR) is 131 cm³/mol. The Morgan fingerprint density at radius 2 is 2.11 bits per heavy atom. The monoisotopic (exact) mass is 515 g/mol. The second-order valence-electron chi connectivity index (χ2n) is 9.06. The molecule has 0 spiro atoms. The van der Waals surface area contributed by atoms with Crippen molar-refractivity contribution in [1.29, 1.82) is 0 Å². The lowest BCUT2D eigenvalue weighted by Crippen LogP contribution is -2.52. The summed E-state index contributed by atoms with van der Waals surface area (Å²) in [6.07, 6.45) is 4.69. The number of hydrogen-bond acceptors (Lipinski definition) is 9. The molecule has 0 radical (unpaired) electrons. The molecular weight excluding hydrogens is 490 g/mol. The van der Waals surface area contributed by atoms with Gasteiger partial charge in [0.15, 0.2) is 0 Å². The first kappa shape index (κ1) is 22.9. The van der Waals surface area contributed by atoms with Gasteiger partial charge in [-0.2, -0.15) is 9.47 Å². The van der Waals surface area contributed by atoms with Crippen molar-refractivity contribution in [3.05, 3.63) is 46.3 Å². The van der Waals surface area contributed by atoms with Crippen molar-refractivity contribution in [1.82, 2.24) is 33.9 Å². The molecular formula is C23H26ClN7O3S. The number of halogens is 1. The highest BCUT2D eigenvalue weighted by atomic mass is 35.5. The van der Waals surface area contributed by atoms with Crippen LogP contribution in [0.15, 0.2) is 29.9 Å². The van der Waals surface area contributed by atoms with Crippen LogP contribution in [0.2, 0.25) is 5.02 Å². The van der Waals surface area contributed by atoms with E-state index in [0.29, 0.717) is 34.1 Å². The van der Waals surface area contributed by atoms with E-state index in [4.69, 9.17) is 21.1 Å². The van der Waals surface area contributed by atoms with Crippen LogP contribution in [0, 0.1) is 6.92 Å². The second kappa shape index (κ2) is 9.47. The molecule has 2 aliphatic heterocycles. The summed E-state index contributed by atoms with van der Waals surface area (Å²) in [5.74, 6) is 0.518.